The second-order valence-electron chi connectivity index (χ2n) is 2.42. The lowest BCUT2D eigenvalue weighted by molar-refractivity contribution is -0.287. The van der Waals surface area contributed by atoms with E-state index in [-0.39, 0.29) is 6.61 Å². The van der Waals surface area contributed by atoms with Crippen molar-refractivity contribution < 1.29 is 14.9 Å². The zero-order valence-corrected chi connectivity index (χ0v) is 7.53. The van der Waals surface area contributed by atoms with E-state index >= 15 is 0 Å². The first-order chi connectivity index (χ1) is 5.81. The summed E-state index contributed by atoms with van der Waals surface area (Å²) in [5.74, 6) is 0. The van der Waals surface area contributed by atoms with Crippen LogP contribution in [0, 0.1) is 0 Å². The lowest BCUT2D eigenvalue weighted by atomic mass is 10.5. The first kappa shape index (κ1) is 11.6. The highest BCUT2D eigenvalue weighted by Gasteiger charge is 1.95. The van der Waals surface area contributed by atoms with Gasteiger partial charge in [0.2, 0.25) is 0 Å². The maximum atomic E-state index is 8.55. The Balaban J connectivity index is 3.02. The molecular formula is C8H17NO3. The van der Waals surface area contributed by atoms with Gasteiger partial charge in [-0.05, 0) is 7.05 Å². The Morgan fingerprint density at radius 3 is 2.75 bits per heavy atom. The molecule has 12 heavy (non-hydrogen) atoms. The average molecular weight is 175 g/mol. The van der Waals surface area contributed by atoms with Crippen LogP contribution in [0.15, 0.2) is 12.7 Å². The fourth-order valence-corrected chi connectivity index (χ4v) is 0.631. The van der Waals surface area contributed by atoms with E-state index in [0.717, 1.165) is 6.54 Å². The number of rotatable bonds is 8. The smallest absolute Gasteiger partial charge is 0.100 e. The summed E-state index contributed by atoms with van der Waals surface area (Å²) in [6.45, 7) is 5.96. The number of aliphatic hydroxyl groups is 1. The fourth-order valence-electron chi connectivity index (χ4n) is 0.631. The minimum Gasteiger partial charge on any atom is -0.395 e. The Labute approximate surface area is 73.3 Å². The second kappa shape index (κ2) is 8.67. The molecule has 0 aromatic heterocycles. The van der Waals surface area contributed by atoms with Crippen LogP contribution in [0.25, 0.3) is 0 Å². The van der Waals surface area contributed by atoms with Gasteiger partial charge in [-0.2, -0.15) is 0 Å². The van der Waals surface area contributed by atoms with Gasteiger partial charge in [0.15, 0.2) is 0 Å². The second-order valence-corrected chi connectivity index (χ2v) is 2.42. The minimum atomic E-state index is 0.171. The lowest BCUT2D eigenvalue weighted by Crippen LogP contribution is -2.26. The monoisotopic (exact) mass is 175 g/mol. The van der Waals surface area contributed by atoms with E-state index in [9.17, 15) is 0 Å². The molecule has 0 rings (SSSR count). The summed E-state index contributed by atoms with van der Waals surface area (Å²) >= 11 is 0. The molecule has 4 heteroatoms. The molecule has 0 bridgehead atoms. The quantitative estimate of drug-likeness (QED) is 0.245. The van der Waals surface area contributed by atoms with E-state index in [2.05, 4.69) is 6.58 Å². The maximum Gasteiger partial charge on any atom is 0.100 e. The summed E-state index contributed by atoms with van der Waals surface area (Å²) < 4.78 is 0. The van der Waals surface area contributed by atoms with Gasteiger partial charge in [-0.15, -0.1) is 6.58 Å². The largest absolute Gasteiger partial charge is 0.395 e. The summed E-state index contributed by atoms with van der Waals surface area (Å²) in [5.41, 5.74) is 0. The molecule has 0 saturated heterocycles. The summed E-state index contributed by atoms with van der Waals surface area (Å²) in [6, 6.07) is 0. The van der Waals surface area contributed by atoms with Gasteiger partial charge in [-0.25, -0.2) is 9.78 Å². The molecule has 0 aromatic carbocycles. The molecule has 4 nitrogen and oxygen atoms in total. The molecule has 72 valence electrons. The van der Waals surface area contributed by atoms with Crippen LogP contribution in [0.2, 0.25) is 0 Å². The van der Waals surface area contributed by atoms with E-state index in [1.54, 1.807) is 6.08 Å². The fraction of sp³-hybridized carbons (Fsp3) is 0.750. The van der Waals surface area contributed by atoms with Crippen molar-refractivity contribution in [3.63, 3.8) is 0 Å². The van der Waals surface area contributed by atoms with Crippen molar-refractivity contribution in [3.05, 3.63) is 12.7 Å². The van der Waals surface area contributed by atoms with Gasteiger partial charge in [0, 0.05) is 13.1 Å². The van der Waals surface area contributed by atoms with Gasteiger partial charge in [-0.1, -0.05) is 6.08 Å². The van der Waals surface area contributed by atoms with Crippen molar-refractivity contribution in [2.75, 3.05) is 40.0 Å². The minimum absolute atomic E-state index is 0.171. The van der Waals surface area contributed by atoms with Crippen LogP contribution < -0.4 is 0 Å². The zero-order valence-electron chi connectivity index (χ0n) is 7.53. The summed E-state index contributed by atoms with van der Waals surface area (Å²) in [4.78, 5) is 11.5. The van der Waals surface area contributed by atoms with Crippen LogP contribution in [-0.2, 0) is 9.78 Å². The van der Waals surface area contributed by atoms with E-state index in [4.69, 9.17) is 14.9 Å². The van der Waals surface area contributed by atoms with E-state index in [0.29, 0.717) is 19.8 Å². The third-order valence-corrected chi connectivity index (χ3v) is 1.31. The molecule has 0 aliphatic rings. The number of likely N-dealkylation sites (N-methyl/N-ethyl adjacent to an activating group) is 1. The van der Waals surface area contributed by atoms with Crippen molar-refractivity contribution in [1.29, 1.82) is 0 Å². The third-order valence-electron chi connectivity index (χ3n) is 1.31. The number of hydrogen-bond acceptors (Lipinski definition) is 4. The van der Waals surface area contributed by atoms with Crippen LogP contribution in [0.5, 0.6) is 0 Å². The molecule has 0 unspecified atom stereocenters. The van der Waals surface area contributed by atoms with Crippen LogP contribution in [0.3, 0.4) is 0 Å². The molecule has 0 aliphatic carbocycles. The van der Waals surface area contributed by atoms with Crippen LogP contribution in [0.4, 0.5) is 0 Å². The van der Waals surface area contributed by atoms with Crippen molar-refractivity contribution in [1.82, 2.24) is 4.90 Å². The summed E-state index contributed by atoms with van der Waals surface area (Å²) in [5, 5.41) is 8.55. The van der Waals surface area contributed by atoms with Crippen LogP contribution in [0.1, 0.15) is 0 Å². The Morgan fingerprint density at radius 1 is 1.42 bits per heavy atom. The predicted molar refractivity (Wildman–Crippen MR) is 46.7 cm³/mol. The molecule has 0 aliphatic heterocycles. The SMILES string of the molecule is C=CCOOCCN(C)CCO. The Hall–Kier alpha value is -0.420. The Kier molecular flexibility index (Phi) is 8.37. The molecule has 0 spiro atoms. The van der Waals surface area contributed by atoms with Gasteiger partial charge >= 0.3 is 0 Å². The molecule has 0 amide bonds. The van der Waals surface area contributed by atoms with Gasteiger partial charge < -0.3 is 10.0 Å². The van der Waals surface area contributed by atoms with Crippen molar-refractivity contribution in [3.8, 4) is 0 Å². The first-order valence-electron chi connectivity index (χ1n) is 3.96. The van der Waals surface area contributed by atoms with Crippen LogP contribution in [-0.4, -0.2) is 50.0 Å². The number of aliphatic hydroxyl groups excluding tert-OH is 1. The number of hydrogen-bond donors (Lipinski definition) is 1. The van der Waals surface area contributed by atoms with Crippen molar-refractivity contribution in [2.45, 2.75) is 0 Å². The van der Waals surface area contributed by atoms with Gasteiger partial charge in [-0.3, -0.25) is 0 Å². The Morgan fingerprint density at radius 2 is 2.17 bits per heavy atom. The summed E-state index contributed by atoms with van der Waals surface area (Å²) in [6.07, 6.45) is 1.62. The molecule has 0 saturated carbocycles. The topological polar surface area (TPSA) is 41.9 Å². The normalized spacial score (nSPS) is 10.6. The molecule has 0 radical (unpaired) electrons. The van der Waals surface area contributed by atoms with Crippen molar-refractivity contribution in [2.24, 2.45) is 0 Å². The van der Waals surface area contributed by atoms with E-state index in [1.807, 2.05) is 11.9 Å². The van der Waals surface area contributed by atoms with Gasteiger partial charge in [0.1, 0.15) is 6.61 Å². The highest BCUT2D eigenvalue weighted by Crippen LogP contribution is 1.83. The molecule has 1 N–H and O–H groups in total. The van der Waals surface area contributed by atoms with Gasteiger partial charge in [0.05, 0.1) is 13.2 Å². The molecule has 0 aromatic rings. The standard InChI is InChI=1S/C8H17NO3/c1-3-7-11-12-8-5-9(2)4-6-10/h3,10H,1,4-8H2,2H3. The van der Waals surface area contributed by atoms with Crippen LogP contribution >= 0.6 is 0 Å². The van der Waals surface area contributed by atoms with Gasteiger partial charge in [0.25, 0.3) is 0 Å². The highest BCUT2D eigenvalue weighted by atomic mass is 17.2. The Bertz CT molecular complexity index is 108. The van der Waals surface area contributed by atoms with E-state index in [1.165, 1.54) is 0 Å². The summed E-state index contributed by atoms with van der Waals surface area (Å²) in [7, 11) is 1.91. The number of nitrogens with zero attached hydrogens (tertiary/aromatic N) is 1. The lowest BCUT2D eigenvalue weighted by Gasteiger charge is -2.13. The van der Waals surface area contributed by atoms with E-state index < -0.39 is 0 Å². The zero-order chi connectivity index (χ0) is 9.23. The third kappa shape index (κ3) is 7.68. The van der Waals surface area contributed by atoms with Crippen molar-refractivity contribution >= 4 is 0 Å². The maximum absolute atomic E-state index is 8.55. The molecule has 0 heterocycles. The highest BCUT2D eigenvalue weighted by molar-refractivity contribution is 4.62. The molecule has 0 fully saturated rings. The molecular weight excluding hydrogens is 158 g/mol. The first-order valence-corrected chi connectivity index (χ1v) is 3.96. The molecule has 0 atom stereocenters. The average Bonchev–Trinajstić information content (AvgIpc) is 2.05. The predicted octanol–water partition coefficient (Wildman–Crippen LogP) is 0.0447.